The second-order valence-corrected chi connectivity index (χ2v) is 6.10. The third kappa shape index (κ3) is 1.85. The minimum absolute atomic E-state index is 0.380. The highest BCUT2D eigenvalue weighted by Crippen LogP contribution is 2.48. The number of aliphatic hydroxyl groups is 2. The molecule has 3 aliphatic rings. The van der Waals surface area contributed by atoms with Crippen molar-refractivity contribution in [2.45, 2.75) is 62.2 Å². The molecule has 3 nitrogen and oxygen atoms in total. The lowest BCUT2D eigenvalue weighted by molar-refractivity contribution is -0.130. The molecule has 0 amide bonds. The van der Waals surface area contributed by atoms with Crippen LogP contribution in [0.25, 0.3) is 0 Å². The van der Waals surface area contributed by atoms with Crippen molar-refractivity contribution in [3.63, 3.8) is 0 Å². The van der Waals surface area contributed by atoms with Crippen molar-refractivity contribution in [3.8, 4) is 0 Å². The maximum absolute atomic E-state index is 10.6. The van der Waals surface area contributed by atoms with Crippen LogP contribution in [0.3, 0.4) is 0 Å². The third-order valence-corrected chi connectivity index (χ3v) is 5.00. The van der Waals surface area contributed by atoms with Crippen LogP contribution in [0, 0.1) is 0 Å². The first kappa shape index (κ1) is 11.7. The Balaban J connectivity index is 1.75. The van der Waals surface area contributed by atoms with Crippen molar-refractivity contribution in [2.75, 3.05) is 13.1 Å². The van der Waals surface area contributed by atoms with E-state index < -0.39 is 11.2 Å². The van der Waals surface area contributed by atoms with E-state index in [-0.39, 0.29) is 0 Å². The molecule has 0 spiro atoms. The summed E-state index contributed by atoms with van der Waals surface area (Å²) in [6, 6.07) is 0.380. The predicted octanol–water partition coefficient (Wildman–Crippen LogP) is 1.45. The Hall–Kier alpha value is -0.380. The molecule has 1 aliphatic heterocycles. The highest BCUT2D eigenvalue weighted by atomic mass is 16.4. The molecule has 0 unspecified atom stereocenters. The first-order chi connectivity index (χ1) is 8.13. The lowest BCUT2D eigenvalue weighted by Gasteiger charge is -2.39. The van der Waals surface area contributed by atoms with Crippen molar-refractivity contribution >= 4 is 0 Å². The van der Waals surface area contributed by atoms with Crippen LogP contribution in [0.5, 0.6) is 0 Å². The van der Waals surface area contributed by atoms with E-state index in [2.05, 4.69) is 4.90 Å². The molecule has 0 bridgehead atoms. The van der Waals surface area contributed by atoms with E-state index in [1.165, 1.54) is 19.3 Å². The van der Waals surface area contributed by atoms with E-state index in [9.17, 15) is 10.2 Å². The fourth-order valence-electron chi connectivity index (χ4n) is 3.88. The molecule has 3 heteroatoms. The van der Waals surface area contributed by atoms with Crippen LogP contribution in [0.15, 0.2) is 12.2 Å². The second-order valence-electron chi connectivity index (χ2n) is 6.10. The van der Waals surface area contributed by atoms with Gasteiger partial charge in [0.15, 0.2) is 0 Å². The summed E-state index contributed by atoms with van der Waals surface area (Å²) in [6.07, 6.45) is 10.6. The number of hydrogen-bond donors (Lipinski definition) is 2. The Morgan fingerprint density at radius 2 is 1.41 bits per heavy atom. The van der Waals surface area contributed by atoms with E-state index in [4.69, 9.17) is 0 Å². The van der Waals surface area contributed by atoms with Crippen LogP contribution in [0.1, 0.15) is 44.9 Å². The number of piperidine rings is 1. The molecule has 1 heterocycles. The molecular formula is C14H23NO2. The molecule has 1 saturated heterocycles. The number of likely N-dealkylation sites (tertiary alicyclic amines) is 1. The number of fused-ring (bicyclic) bond motifs is 1. The number of rotatable bonds is 1. The first-order valence-corrected chi connectivity index (χ1v) is 6.97. The van der Waals surface area contributed by atoms with Gasteiger partial charge in [-0.25, -0.2) is 0 Å². The second kappa shape index (κ2) is 4.08. The molecule has 2 aliphatic carbocycles. The van der Waals surface area contributed by atoms with Gasteiger partial charge in [0.2, 0.25) is 0 Å². The average Bonchev–Trinajstić information content (AvgIpc) is 2.62. The molecular weight excluding hydrogens is 214 g/mol. The van der Waals surface area contributed by atoms with Crippen LogP contribution in [-0.4, -0.2) is 45.4 Å². The maximum Gasteiger partial charge on any atom is 0.0986 e. The van der Waals surface area contributed by atoms with Gasteiger partial charge in [0.05, 0.1) is 11.2 Å². The summed E-state index contributed by atoms with van der Waals surface area (Å²) in [5.74, 6) is 0. The molecule has 2 N–H and O–H groups in total. The van der Waals surface area contributed by atoms with Gasteiger partial charge in [0.1, 0.15) is 0 Å². The Bertz CT molecular complexity index is 302. The molecule has 17 heavy (non-hydrogen) atoms. The Labute approximate surface area is 103 Å². The lowest BCUT2D eigenvalue weighted by atomic mass is 9.77. The zero-order valence-electron chi connectivity index (χ0n) is 10.4. The Morgan fingerprint density at radius 1 is 0.882 bits per heavy atom. The molecule has 0 aromatic carbocycles. The van der Waals surface area contributed by atoms with Gasteiger partial charge in [-0.05, 0) is 51.6 Å². The minimum Gasteiger partial charge on any atom is -0.386 e. The fraction of sp³-hybridized carbons (Fsp3) is 0.857. The normalized spacial score (nSPS) is 43.9. The third-order valence-electron chi connectivity index (χ3n) is 5.00. The summed E-state index contributed by atoms with van der Waals surface area (Å²) in [4.78, 5) is 2.48. The summed E-state index contributed by atoms with van der Waals surface area (Å²) >= 11 is 0. The number of hydrogen-bond acceptors (Lipinski definition) is 3. The topological polar surface area (TPSA) is 43.7 Å². The van der Waals surface area contributed by atoms with Crippen molar-refractivity contribution in [3.05, 3.63) is 12.2 Å². The standard InChI is InChI=1S/C14H23NO2/c16-13-6-2-3-7-14(13,17)11-12(10-13)15-8-4-1-5-9-15/h2-3,12,16-17H,1,4-11H2/t13-,14-/m0/s1. The van der Waals surface area contributed by atoms with Crippen molar-refractivity contribution < 1.29 is 10.2 Å². The fourth-order valence-corrected chi connectivity index (χ4v) is 3.88. The van der Waals surface area contributed by atoms with Gasteiger partial charge in [0.25, 0.3) is 0 Å². The minimum atomic E-state index is -0.871. The van der Waals surface area contributed by atoms with Gasteiger partial charge < -0.3 is 15.1 Å². The molecule has 2 fully saturated rings. The van der Waals surface area contributed by atoms with Gasteiger partial charge >= 0.3 is 0 Å². The summed E-state index contributed by atoms with van der Waals surface area (Å²) < 4.78 is 0. The van der Waals surface area contributed by atoms with E-state index >= 15 is 0 Å². The quantitative estimate of drug-likeness (QED) is 0.678. The predicted molar refractivity (Wildman–Crippen MR) is 66.7 cm³/mol. The largest absolute Gasteiger partial charge is 0.386 e. The lowest BCUT2D eigenvalue weighted by Crippen LogP contribution is -2.50. The van der Waals surface area contributed by atoms with Crippen molar-refractivity contribution in [1.29, 1.82) is 0 Å². The van der Waals surface area contributed by atoms with E-state index in [1.807, 2.05) is 12.2 Å². The molecule has 0 aromatic rings. The van der Waals surface area contributed by atoms with Crippen molar-refractivity contribution in [1.82, 2.24) is 4.90 Å². The Morgan fingerprint density at radius 3 is 1.94 bits per heavy atom. The zero-order valence-corrected chi connectivity index (χ0v) is 10.4. The average molecular weight is 237 g/mol. The highest BCUT2D eigenvalue weighted by molar-refractivity contribution is 5.18. The smallest absolute Gasteiger partial charge is 0.0986 e. The van der Waals surface area contributed by atoms with Crippen LogP contribution >= 0.6 is 0 Å². The summed E-state index contributed by atoms with van der Waals surface area (Å²) in [6.45, 7) is 2.29. The van der Waals surface area contributed by atoms with Gasteiger partial charge in [-0.3, -0.25) is 0 Å². The summed E-state index contributed by atoms with van der Waals surface area (Å²) in [7, 11) is 0. The highest BCUT2D eigenvalue weighted by Gasteiger charge is 2.57. The SMILES string of the molecule is O[C@]12CC=CC[C@]1(O)CC(N1CCCCC1)C2. The summed E-state index contributed by atoms with van der Waals surface area (Å²) in [5.41, 5.74) is -1.74. The van der Waals surface area contributed by atoms with Gasteiger partial charge in [0, 0.05) is 6.04 Å². The molecule has 3 rings (SSSR count). The first-order valence-electron chi connectivity index (χ1n) is 6.97. The zero-order chi connectivity index (χ0) is 11.9. The molecule has 96 valence electrons. The Kier molecular flexibility index (Phi) is 2.80. The summed E-state index contributed by atoms with van der Waals surface area (Å²) in [5, 5.41) is 21.3. The van der Waals surface area contributed by atoms with Crippen LogP contribution in [0.2, 0.25) is 0 Å². The van der Waals surface area contributed by atoms with Crippen LogP contribution in [-0.2, 0) is 0 Å². The van der Waals surface area contributed by atoms with Gasteiger partial charge in [-0.15, -0.1) is 0 Å². The van der Waals surface area contributed by atoms with E-state index in [1.54, 1.807) is 0 Å². The molecule has 0 aromatic heterocycles. The van der Waals surface area contributed by atoms with Gasteiger partial charge in [-0.1, -0.05) is 18.6 Å². The van der Waals surface area contributed by atoms with E-state index in [0.29, 0.717) is 18.9 Å². The monoisotopic (exact) mass is 237 g/mol. The van der Waals surface area contributed by atoms with E-state index in [0.717, 1.165) is 25.9 Å². The van der Waals surface area contributed by atoms with Gasteiger partial charge in [-0.2, -0.15) is 0 Å². The van der Waals surface area contributed by atoms with Crippen molar-refractivity contribution in [2.24, 2.45) is 0 Å². The molecule has 2 atom stereocenters. The van der Waals surface area contributed by atoms with Crippen LogP contribution < -0.4 is 0 Å². The maximum atomic E-state index is 10.6. The molecule has 0 radical (unpaired) electrons. The molecule has 1 saturated carbocycles. The number of nitrogens with zero attached hydrogens (tertiary/aromatic N) is 1. The van der Waals surface area contributed by atoms with Crippen LogP contribution in [0.4, 0.5) is 0 Å².